The van der Waals surface area contributed by atoms with Crippen molar-refractivity contribution < 1.29 is 13.2 Å². The Morgan fingerprint density at radius 3 is 2.50 bits per heavy atom. The van der Waals surface area contributed by atoms with Gasteiger partial charge in [0.15, 0.2) is 0 Å². The topological polar surface area (TPSA) is 59.5 Å². The standard InChI is InChI=1S/C23H28N2O3S2/c1-5-19(4)25(30(26,27)22-11-9-17(2)10-12-22)14-20-16-29-23(24-20)15-28-21-8-6-7-18(3)13-21/h6-13,16,19H,5,14-15H2,1-4H3. The molecule has 0 saturated heterocycles. The van der Waals surface area contributed by atoms with Crippen LogP contribution in [0.4, 0.5) is 0 Å². The number of nitrogens with zero attached hydrogens (tertiary/aromatic N) is 2. The van der Waals surface area contributed by atoms with Gasteiger partial charge >= 0.3 is 0 Å². The van der Waals surface area contributed by atoms with Crippen LogP contribution in [0.15, 0.2) is 58.8 Å². The number of hydrogen-bond donors (Lipinski definition) is 0. The summed E-state index contributed by atoms with van der Waals surface area (Å²) in [5, 5.41) is 2.73. The van der Waals surface area contributed by atoms with Crippen LogP contribution in [-0.2, 0) is 23.2 Å². The van der Waals surface area contributed by atoms with E-state index in [1.807, 2.05) is 69.5 Å². The van der Waals surface area contributed by atoms with Gasteiger partial charge in [-0.3, -0.25) is 0 Å². The second kappa shape index (κ2) is 9.73. The van der Waals surface area contributed by atoms with Crippen LogP contribution in [0, 0.1) is 13.8 Å². The number of rotatable bonds is 9. The van der Waals surface area contributed by atoms with E-state index in [2.05, 4.69) is 4.98 Å². The van der Waals surface area contributed by atoms with E-state index in [0.29, 0.717) is 11.5 Å². The van der Waals surface area contributed by atoms with Crippen LogP contribution in [0.2, 0.25) is 0 Å². The van der Waals surface area contributed by atoms with Crippen LogP contribution in [0.5, 0.6) is 5.75 Å². The lowest BCUT2D eigenvalue weighted by Crippen LogP contribution is -2.37. The summed E-state index contributed by atoms with van der Waals surface area (Å²) >= 11 is 1.49. The van der Waals surface area contributed by atoms with Gasteiger partial charge in [0.25, 0.3) is 0 Å². The zero-order chi connectivity index (χ0) is 21.7. The smallest absolute Gasteiger partial charge is 0.243 e. The van der Waals surface area contributed by atoms with Gasteiger partial charge in [0.1, 0.15) is 17.4 Å². The van der Waals surface area contributed by atoms with E-state index in [1.54, 1.807) is 12.1 Å². The van der Waals surface area contributed by atoms with Gasteiger partial charge in [0.05, 0.1) is 17.1 Å². The SMILES string of the molecule is CCC(C)N(Cc1csc(COc2cccc(C)c2)n1)S(=O)(=O)c1ccc(C)cc1. The molecule has 0 amide bonds. The van der Waals surface area contributed by atoms with Crippen molar-refractivity contribution in [1.29, 1.82) is 0 Å². The molecule has 3 aromatic rings. The van der Waals surface area contributed by atoms with E-state index in [0.717, 1.165) is 34.0 Å². The van der Waals surface area contributed by atoms with Crippen LogP contribution in [-0.4, -0.2) is 23.7 Å². The Kier molecular flexibility index (Phi) is 7.28. The third-order valence-electron chi connectivity index (χ3n) is 4.98. The molecule has 3 rings (SSSR count). The highest BCUT2D eigenvalue weighted by Crippen LogP contribution is 2.24. The molecule has 0 radical (unpaired) electrons. The van der Waals surface area contributed by atoms with Gasteiger partial charge < -0.3 is 4.74 Å². The summed E-state index contributed by atoms with van der Waals surface area (Å²) in [4.78, 5) is 4.92. The summed E-state index contributed by atoms with van der Waals surface area (Å²) in [5.41, 5.74) is 2.90. The third kappa shape index (κ3) is 5.47. The maximum atomic E-state index is 13.3. The highest BCUT2D eigenvalue weighted by Gasteiger charge is 2.29. The fourth-order valence-corrected chi connectivity index (χ4v) is 5.40. The molecule has 0 aliphatic carbocycles. The molecule has 0 fully saturated rings. The summed E-state index contributed by atoms with van der Waals surface area (Å²) in [6.45, 7) is 8.49. The number of aryl methyl sites for hydroxylation is 2. The van der Waals surface area contributed by atoms with Gasteiger partial charge in [-0.25, -0.2) is 13.4 Å². The molecule has 1 aromatic heterocycles. The Morgan fingerprint density at radius 1 is 1.10 bits per heavy atom. The second-order valence-electron chi connectivity index (χ2n) is 7.46. The highest BCUT2D eigenvalue weighted by molar-refractivity contribution is 7.89. The highest BCUT2D eigenvalue weighted by atomic mass is 32.2. The Bertz CT molecular complexity index is 1080. The predicted octanol–water partition coefficient (Wildman–Crippen LogP) is 5.33. The van der Waals surface area contributed by atoms with Crippen molar-refractivity contribution in [3.8, 4) is 5.75 Å². The monoisotopic (exact) mass is 444 g/mol. The molecule has 1 heterocycles. The molecule has 30 heavy (non-hydrogen) atoms. The van der Waals surface area contributed by atoms with Crippen molar-refractivity contribution in [2.45, 2.75) is 58.2 Å². The Balaban J connectivity index is 1.75. The summed E-state index contributed by atoms with van der Waals surface area (Å²) < 4.78 is 33.9. The molecule has 160 valence electrons. The number of thiazole rings is 1. The lowest BCUT2D eigenvalue weighted by Gasteiger charge is -2.27. The van der Waals surface area contributed by atoms with Crippen LogP contribution >= 0.6 is 11.3 Å². The minimum Gasteiger partial charge on any atom is -0.486 e. The molecular formula is C23H28N2O3S2. The first kappa shape index (κ1) is 22.5. The lowest BCUT2D eigenvalue weighted by atomic mass is 10.2. The maximum absolute atomic E-state index is 13.3. The second-order valence-corrected chi connectivity index (χ2v) is 10.3. The zero-order valence-electron chi connectivity index (χ0n) is 17.8. The molecule has 7 heteroatoms. The van der Waals surface area contributed by atoms with Crippen LogP contribution < -0.4 is 4.74 Å². The van der Waals surface area contributed by atoms with Gasteiger partial charge in [-0.1, -0.05) is 36.8 Å². The largest absolute Gasteiger partial charge is 0.486 e. The fraction of sp³-hybridized carbons (Fsp3) is 0.348. The van der Waals surface area contributed by atoms with Crippen LogP contribution in [0.3, 0.4) is 0 Å². The Hall–Kier alpha value is -2.22. The van der Waals surface area contributed by atoms with Crippen molar-refractivity contribution >= 4 is 21.4 Å². The van der Waals surface area contributed by atoms with Gasteiger partial charge in [0.2, 0.25) is 10.0 Å². The summed E-state index contributed by atoms with van der Waals surface area (Å²) in [6, 6.07) is 14.7. The summed E-state index contributed by atoms with van der Waals surface area (Å²) in [6.07, 6.45) is 0.721. The Morgan fingerprint density at radius 2 is 1.83 bits per heavy atom. The third-order valence-corrected chi connectivity index (χ3v) is 7.82. The summed E-state index contributed by atoms with van der Waals surface area (Å²) in [7, 11) is -3.61. The number of hydrogen-bond acceptors (Lipinski definition) is 5. The first-order valence-corrected chi connectivity index (χ1v) is 12.3. The van der Waals surface area contributed by atoms with Crippen molar-refractivity contribution in [3.05, 3.63) is 75.7 Å². The van der Waals surface area contributed by atoms with Crippen LogP contribution in [0.1, 0.15) is 42.1 Å². The minimum absolute atomic E-state index is 0.134. The first-order valence-electron chi connectivity index (χ1n) is 10.0. The van der Waals surface area contributed by atoms with E-state index >= 15 is 0 Å². The summed E-state index contributed by atoms with van der Waals surface area (Å²) in [5.74, 6) is 0.801. The molecule has 1 atom stereocenters. The van der Waals surface area contributed by atoms with Crippen molar-refractivity contribution in [2.24, 2.45) is 0 Å². The molecule has 0 aliphatic heterocycles. The fourth-order valence-electron chi connectivity index (χ4n) is 3.02. The predicted molar refractivity (Wildman–Crippen MR) is 121 cm³/mol. The average Bonchev–Trinajstić information content (AvgIpc) is 3.18. The van der Waals surface area contributed by atoms with Crippen molar-refractivity contribution in [3.63, 3.8) is 0 Å². The molecule has 0 aliphatic rings. The van der Waals surface area contributed by atoms with Gasteiger partial charge in [0, 0.05) is 11.4 Å². The molecule has 2 aromatic carbocycles. The average molecular weight is 445 g/mol. The van der Waals surface area contributed by atoms with Gasteiger partial charge in [-0.2, -0.15) is 4.31 Å². The quantitative estimate of drug-likeness (QED) is 0.448. The lowest BCUT2D eigenvalue weighted by molar-refractivity contribution is 0.302. The number of aromatic nitrogens is 1. The van der Waals surface area contributed by atoms with E-state index in [-0.39, 0.29) is 12.6 Å². The number of benzene rings is 2. The van der Waals surface area contributed by atoms with Crippen LogP contribution in [0.25, 0.3) is 0 Å². The zero-order valence-corrected chi connectivity index (χ0v) is 19.5. The normalized spacial score (nSPS) is 12.8. The maximum Gasteiger partial charge on any atom is 0.243 e. The molecule has 0 bridgehead atoms. The molecule has 5 nitrogen and oxygen atoms in total. The molecular weight excluding hydrogens is 416 g/mol. The van der Waals surface area contributed by atoms with Gasteiger partial charge in [-0.15, -0.1) is 11.3 Å². The van der Waals surface area contributed by atoms with E-state index in [1.165, 1.54) is 15.6 Å². The first-order chi connectivity index (χ1) is 14.3. The van der Waals surface area contributed by atoms with Crippen molar-refractivity contribution in [1.82, 2.24) is 9.29 Å². The molecule has 0 spiro atoms. The molecule has 0 saturated carbocycles. The number of sulfonamides is 1. The minimum atomic E-state index is -3.61. The molecule has 1 unspecified atom stereocenters. The van der Waals surface area contributed by atoms with E-state index < -0.39 is 10.0 Å². The van der Waals surface area contributed by atoms with E-state index in [4.69, 9.17) is 4.74 Å². The molecule has 0 N–H and O–H groups in total. The number of ether oxygens (including phenoxy) is 1. The van der Waals surface area contributed by atoms with Gasteiger partial charge in [-0.05, 0) is 57.0 Å². The van der Waals surface area contributed by atoms with Crippen molar-refractivity contribution in [2.75, 3.05) is 0 Å². The van der Waals surface area contributed by atoms with E-state index in [9.17, 15) is 8.42 Å². The Labute approximate surface area is 183 Å².